The number of rotatable bonds is 3. The van der Waals surface area contributed by atoms with E-state index < -0.39 is 11.9 Å². The van der Waals surface area contributed by atoms with Gasteiger partial charge in [-0.1, -0.05) is 24.9 Å². The van der Waals surface area contributed by atoms with Crippen LogP contribution in [0.3, 0.4) is 0 Å². The highest BCUT2D eigenvalue weighted by Crippen LogP contribution is 2.46. The fourth-order valence-electron chi connectivity index (χ4n) is 5.86. The van der Waals surface area contributed by atoms with Gasteiger partial charge in [0.1, 0.15) is 25.4 Å². The molecule has 1 amide bonds. The Hall–Kier alpha value is -5.10. The number of benzene rings is 3. The molecule has 2 aliphatic rings. The van der Waals surface area contributed by atoms with Crippen LogP contribution in [0.2, 0.25) is 5.02 Å². The molecule has 5 aromatic rings. The maximum Gasteiger partial charge on any atom is 0.254 e. The summed E-state index contributed by atoms with van der Waals surface area (Å²) in [5, 5.41) is 14.8. The Kier molecular flexibility index (Phi) is 7.50. The second-order valence-electron chi connectivity index (χ2n) is 11.1. The van der Waals surface area contributed by atoms with Crippen LogP contribution in [-0.2, 0) is 4.79 Å². The van der Waals surface area contributed by atoms with Crippen molar-refractivity contribution in [2.45, 2.75) is 32.2 Å². The van der Waals surface area contributed by atoms with Crippen molar-refractivity contribution in [2.24, 2.45) is 5.92 Å². The second kappa shape index (κ2) is 11.8. The summed E-state index contributed by atoms with van der Waals surface area (Å²) in [4.78, 5) is 31.7. The van der Waals surface area contributed by atoms with Gasteiger partial charge in [-0.25, -0.2) is 9.37 Å². The number of nitrogens with one attached hydrogen (secondary N) is 1. The number of carbonyl (C=O) groups excluding carboxylic acids is 1. The van der Waals surface area contributed by atoms with Crippen LogP contribution in [0.25, 0.3) is 28.1 Å². The average Bonchev–Trinajstić information content (AvgIpc) is 3.58. The van der Waals surface area contributed by atoms with E-state index in [0.29, 0.717) is 82.8 Å². The molecule has 0 spiro atoms. The van der Waals surface area contributed by atoms with E-state index in [1.807, 2.05) is 19.1 Å². The first kappa shape index (κ1) is 28.7. The molecule has 228 valence electrons. The lowest BCUT2D eigenvalue weighted by Gasteiger charge is -2.27. The second-order valence-corrected chi connectivity index (χ2v) is 11.5. The Morgan fingerprint density at radius 3 is 2.64 bits per heavy atom. The molecule has 4 heterocycles. The Morgan fingerprint density at radius 1 is 0.956 bits per heavy atom. The summed E-state index contributed by atoms with van der Waals surface area (Å²) >= 11 is 6.33. The van der Waals surface area contributed by atoms with Crippen molar-refractivity contribution in [3.63, 3.8) is 0 Å². The molecule has 0 saturated carbocycles. The first-order valence-corrected chi connectivity index (χ1v) is 14.9. The number of carbonyl (C=O) groups is 1. The molecule has 45 heavy (non-hydrogen) atoms. The van der Waals surface area contributed by atoms with Crippen LogP contribution in [0, 0.1) is 11.7 Å². The minimum absolute atomic E-state index is 0.176. The number of halogens is 2. The molecule has 0 fully saturated rings. The molecular formula is C32H27ClFN7O4. The standard InChI is InChI=1S/C32H27ClFN7O4/c1-18-3-2-4-27(40-16-35-26(15-30(40)42)24-13-20(33)5-8-28(24)41-17-36-38-39-41)19-11-23(31-29(12-19)44-9-10-45-31)22-14-21(34)6-7-25(22)37-32(18)43/h5-8,11-18,27H,2-4,9-10H2,1H3,(H,37,43)/t18-,27+/m1/s1. The molecule has 0 saturated heterocycles. The third-order valence-electron chi connectivity index (χ3n) is 8.14. The van der Waals surface area contributed by atoms with E-state index in [1.165, 1.54) is 35.5 Å². The smallest absolute Gasteiger partial charge is 0.254 e. The zero-order valence-corrected chi connectivity index (χ0v) is 24.9. The van der Waals surface area contributed by atoms with Crippen LogP contribution in [0.5, 0.6) is 11.5 Å². The average molecular weight is 628 g/mol. The number of anilines is 1. The molecule has 0 aliphatic carbocycles. The molecule has 0 unspecified atom stereocenters. The minimum Gasteiger partial charge on any atom is -0.486 e. The van der Waals surface area contributed by atoms with Gasteiger partial charge in [0.15, 0.2) is 11.5 Å². The number of aromatic nitrogens is 6. The van der Waals surface area contributed by atoms with Crippen LogP contribution in [-0.4, -0.2) is 48.9 Å². The molecule has 2 aromatic heterocycles. The van der Waals surface area contributed by atoms with Crippen LogP contribution in [0.15, 0.2) is 72.0 Å². The molecule has 7 rings (SSSR count). The topological polar surface area (TPSA) is 126 Å². The highest BCUT2D eigenvalue weighted by Gasteiger charge is 2.27. The summed E-state index contributed by atoms with van der Waals surface area (Å²) in [6.45, 7) is 2.51. The van der Waals surface area contributed by atoms with Crippen molar-refractivity contribution in [2.75, 3.05) is 18.5 Å². The van der Waals surface area contributed by atoms with E-state index in [9.17, 15) is 14.0 Å². The number of ether oxygens (including phenoxy) is 2. The van der Waals surface area contributed by atoms with Crippen molar-refractivity contribution < 1.29 is 18.7 Å². The number of hydrogen-bond donors (Lipinski definition) is 1. The normalized spacial score (nSPS) is 17.9. The first-order chi connectivity index (χ1) is 21.9. The van der Waals surface area contributed by atoms with E-state index in [0.717, 1.165) is 5.56 Å². The molecule has 2 bridgehead atoms. The molecule has 2 atom stereocenters. The van der Waals surface area contributed by atoms with Crippen molar-refractivity contribution in [3.8, 4) is 39.6 Å². The Balaban J connectivity index is 1.38. The van der Waals surface area contributed by atoms with E-state index in [2.05, 4.69) is 25.8 Å². The molecular weight excluding hydrogens is 601 g/mol. The van der Waals surface area contributed by atoms with Gasteiger partial charge < -0.3 is 14.8 Å². The SMILES string of the molecule is C[C@@H]1CCC[C@H](n2cnc(-c3cc(Cl)ccc3-n3cnnn3)cc2=O)c2cc3c(c(c2)-c2cc(F)ccc2NC1=O)OCCO3. The molecule has 3 aromatic carbocycles. The van der Waals surface area contributed by atoms with Gasteiger partial charge in [0.05, 0.1) is 23.8 Å². The molecule has 2 aliphatic heterocycles. The van der Waals surface area contributed by atoms with Crippen molar-refractivity contribution in [3.05, 3.63) is 94.0 Å². The van der Waals surface area contributed by atoms with E-state index >= 15 is 0 Å². The van der Waals surface area contributed by atoms with Gasteiger partial charge in [0.25, 0.3) is 5.56 Å². The lowest BCUT2D eigenvalue weighted by molar-refractivity contribution is -0.119. The molecule has 11 nitrogen and oxygen atoms in total. The predicted octanol–water partition coefficient (Wildman–Crippen LogP) is 5.46. The number of amides is 1. The zero-order valence-electron chi connectivity index (χ0n) is 24.1. The predicted molar refractivity (Wildman–Crippen MR) is 164 cm³/mol. The molecule has 13 heteroatoms. The van der Waals surface area contributed by atoms with Crippen molar-refractivity contribution >= 4 is 23.2 Å². The van der Waals surface area contributed by atoms with E-state index in [-0.39, 0.29) is 17.4 Å². The fourth-order valence-corrected chi connectivity index (χ4v) is 6.03. The monoisotopic (exact) mass is 627 g/mol. The van der Waals surface area contributed by atoms with Gasteiger partial charge in [0, 0.05) is 39.4 Å². The van der Waals surface area contributed by atoms with Gasteiger partial charge in [-0.05, 0) is 77.4 Å². The summed E-state index contributed by atoms with van der Waals surface area (Å²) in [6, 6.07) is 14.1. The summed E-state index contributed by atoms with van der Waals surface area (Å²) < 4.78 is 29.7. The Bertz CT molecular complexity index is 1980. The number of tetrazole rings is 1. The first-order valence-electron chi connectivity index (χ1n) is 14.5. The quantitative estimate of drug-likeness (QED) is 0.279. The van der Waals surface area contributed by atoms with Crippen LogP contribution in [0.1, 0.15) is 37.8 Å². The highest BCUT2D eigenvalue weighted by atomic mass is 35.5. The maximum absolute atomic E-state index is 14.7. The molecule has 0 radical (unpaired) electrons. The fraction of sp³-hybridized carbons (Fsp3) is 0.250. The van der Waals surface area contributed by atoms with Gasteiger partial charge in [-0.2, -0.15) is 4.68 Å². The number of hydrogen-bond acceptors (Lipinski definition) is 8. The van der Waals surface area contributed by atoms with Gasteiger partial charge >= 0.3 is 0 Å². The highest BCUT2D eigenvalue weighted by molar-refractivity contribution is 6.31. The van der Waals surface area contributed by atoms with Crippen molar-refractivity contribution in [1.82, 2.24) is 29.8 Å². The summed E-state index contributed by atoms with van der Waals surface area (Å²) in [6.07, 6.45) is 4.71. The lowest BCUT2D eigenvalue weighted by atomic mass is 9.91. The zero-order chi connectivity index (χ0) is 31.1. The summed E-state index contributed by atoms with van der Waals surface area (Å²) in [5.41, 5.74) is 3.52. The Labute approximate surface area is 261 Å². The van der Waals surface area contributed by atoms with Gasteiger partial charge in [-0.3, -0.25) is 14.2 Å². The van der Waals surface area contributed by atoms with Crippen LogP contribution in [0.4, 0.5) is 10.1 Å². The maximum atomic E-state index is 14.7. The Morgan fingerprint density at radius 2 is 1.82 bits per heavy atom. The minimum atomic E-state index is -0.473. The summed E-state index contributed by atoms with van der Waals surface area (Å²) in [5.74, 6) is -0.0290. The summed E-state index contributed by atoms with van der Waals surface area (Å²) in [7, 11) is 0. The van der Waals surface area contributed by atoms with E-state index in [4.69, 9.17) is 21.1 Å². The third-order valence-corrected chi connectivity index (χ3v) is 8.38. The van der Waals surface area contributed by atoms with Crippen LogP contribution >= 0.6 is 11.6 Å². The molecule has 1 N–H and O–H groups in total. The van der Waals surface area contributed by atoms with Gasteiger partial charge in [0.2, 0.25) is 5.91 Å². The van der Waals surface area contributed by atoms with Gasteiger partial charge in [-0.15, -0.1) is 5.10 Å². The van der Waals surface area contributed by atoms with E-state index in [1.54, 1.807) is 28.8 Å². The largest absolute Gasteiger partial charge is 0.486 e. The lowest BCUT2D eigenvalue weighted by Crippen LogP contribution is -2.27. The number of fused-ring (bicyclic) bond motifs is 6. The van der Waals surface area contributed by atoms with Crippen LogP contribution < -0.4 is 20.3 Å². The van der Waals surface area contributed by atoms with Crippen molar-refractivity contribution in [1.29, 1.82) is 0 Å². The third kappa shape index (κ3) is 5.53. The number of nitrogens with zero attached hydrogens (tertiary/aromatic N) is 6.